The lowest BCUT2D eigenvalue weighted by Gasteiger charge is -2.01. The number of thiol groups is 1. The van der Waals surface area contributed by atoms with Crippen molar-refractivity contribution < 1.29 is 4.74 Å². The first kappa shape index (κ1) is 10.3. The normalized spacial score (nSPS) is 10.8. The van der Waals surface area contributed by atoms with Crippen LogP contribution in [0.3, 0.4) is 0 Å². The van der Waals surface area contributed by atoms with Crippen LogP contribution >= 0.6 is 39.9 Å². The summed E-state index contributed by atoms with van der Waals surface area (Å²) in [7, 11) is 0. The SMILES string of the molecule is CCOc1csc2cc(S)c(Br)cc12. The molecule has 0 aliphatic rings. The molecule has 2 aromatic rings. The van der Waals surface area contributed by atoms with Gasteiger partial charge in [0.05, 0.1) is 6.61 Å². The average molecular weight is 289 g/mol. The van der Waals surface area contributed by atoms with Crippen molar-refractivity contribution in [2.45, 2.75) is 11.8 Å². The van der Waals surface area contributed by atoms with Crippen LogP contribution in [0.1, 0.15) is 6.92 Å². The maximum atomic E-state index is 5.52. The fraction of sp³-hybridized carbons (Fsp3) is 0.200. The maximum Gasteiger partial charge on any atom is 0.137 e. The summed E-state index contributed by atoms with van der Waals surface area (Å²) in [6, 6.07) is 4.11. The molecule has 74 valence electrons. The summed E-state index contributed by atoms with van der Waals surface area (Å²) in [4.78, 5) is 0.961. The Morgan fingerprint density at radius 2 is 2.29 bits per heavy atom. The monoisotopic (exact) mass is 288 g/mol. The maximum absolute atomic E-state index is 5.52. The van der Waals surface area contributed by atoms with Gasteiger partial charge < -0.3 is 4.74 Å². The molecule has 0 aliphatic heterocycles. The molecule has 0 fully saturated rings. The highest BCUT2D eigenvalue weighted by Crippen LogP contribution is 2.36. The summed E-state index contributed by atoms with van der Waals surface area (Å²) >= 11 is 9.50. The van der Waals surface area contributed by atoms with E-state index in [9.17, 15) is 0 Å². The highest BCUT2D eigenvalue weighted by Gasteiger charge is 2.07. The number of thiophene rings is 1. The Labute approximate surface area is 101 Å². The quantitative estimate of drug-likeness (QED) is 0.809. The predicted octanol–water partition coefficient (Wildman–Crippen LogP) is 4.35. The number of rotatable bonds is 2. The molecule has 2 rings (SSSR count). The Hall–Kier alpha value is -0.190. The molecule has 14 heavy (non-hydrogen) atoms. The van der Waals surface area contributed by atoms with Gasteiger partial charge >= 0.3 is 0 Å². The molecule has 0 bridgehead atoms. The van der Waals surface area contributed by atoms with Gasteiger partial charge in [0.15, 0.2) is 0 Å². The number of hydrogen-bond acceptors (Lipinski definition) is 3. The summed E-state index contributed by atoms with van der Waals surface area (Å²) in [5.41, 5.74) is 0. The molecule has 0 saturated heterocycles. The van der Waals surface area contributed by atoms with E-state index in [2.05, 4.69) is 40.7 Å². The lowest BCUT2D eigenvalue weighted by atomic mass is 10.2. The molecule has 0 spiro atoms. The van der Waals surface area contributed by atoms with Crippen LogP contribution in [0.5, 0.6) is 5.75 Å². The molecule has 1 nitrogen and oxygen atoms in total. The zero-order valence-electron chi connectivity index (χ0n) is 7.58. The van der Waals surface area contributed by atoms with Gasteiger partial charge in [-0.3, -0.25) is 0 Å². The average Bonchev–Trinajstić information content (AvgIpc) is 2.51. The number of halogens is 1. The first-order chi connectivity index (χ1) is 6.72. The van der Waals surface area contributed by atoms with Gasteiger partial charge in [-0.05, 0) is 35.0 Å². The molecular weight excluding hydrogens is 280 g/mol. The van der Waals surface area contributed by atoms with E-state index in [1.165, 1.54) is 4.70 Å². The van der Waals surface area contributed by atoms with E-state index >= 15 is 0 Å². The van der Waals surface area contributed by atoms with E-state index in [0.717, 1.165) is 20.5 Å². The second-order valence-corrected chi connectivity index (χ2v) is 5.08. The molecule has 0 unspecified atom stereocenters. The molecule has 0 saturated carbocycles. The highest BCUT2D eigenvalue weighted by atomic mass is 79.9. The second-order valence-electron chi connectivity index (χ2n) is 2.83. The van der Waals surface area contributed by atoms with Gasteiger partial charge in [-0.25, -0.2) is 0 Å². The zero-order valence-corrected chi connectivity index (χ0v) is 10.9. The van der Waals surface area contributed by atoms with Crippen molar-refractivity contribution in [2.75, 3.05) is 6.61 Å². The Morgan fingerprint density at radius 3 is 3.00 bits per heavy atom. The Morgan fingerprint density at radius 1 is 1.50 bits per heavy atom. The zero-order chi connectivity index (χ0) is 10.1. The minimum absolute atomic E-state index is 0.700. The molecular formula is C10H9BrOS2. The van der Waals surface area contributed by atoms with Gasteiger partial charge in [0, 0.05) is 24.8 Å². The Balaban J connectivity index is 2.61. The van der Waals surface area contributed by atoms with Crippen LogP contribution in [0.25, 0.3) is 10.1 Å². The number of benzene rings is 1. The van der Waals surface area contributed by atoms with E-state index < -0.39 is 0 Å². The van der Waals surface area contributed by atoms with Crippen LogP contribution < -0.4 is 4.74 Å². The van der Waals surface area contributed by atoms with E-state index in [-0.39, 0.29) is 0 Å². The van der Waals surface area contributed by atoms with Crippen LogP contribution in [0, 0.1) is 0 Å². The topological polar surface area (TPSA) is 9.23 Å². The molecule has 0 amide bonds. The minimum atomic E-state index is 0.700. The number of ether oxygens (including phenoxy) is 1. The third-order valence-corrected chi connectivity index (χ3v) is 4.16. The first-order valence-corrected chi connectivity index (χ1v) is 6.37. The Kier molecular flexibility index (Phi) is 3.04. The fourth-order valence-corrected chi connectivity index (χ4v) is 2.81. The van der Waals surface area contributed by atoms with Crippen molar-refractivity contribution in [3.8, 4) is 5.75 Å². The second kappa shape index (κ2) is 4.13. The molecule has 0 atom stereocenters. The summed E-state index contributed by atoms with van der Waals surface area (Å²) < 4.78 is 7.74. The van der Waals surface area contributed by atoms with Crippen LogP contribution in [-0.2, 0) is 0 Å². The summed E-state index contributed by atoms with van der Waals surface area (Å²) in [5, 5.41) is 3.19. The van der Waals surface area contributed by atoms with Gasteiger partial charge in [0.1, 0.15) is 5.75 Å². The van der Waals surface area contributed by atoms with Crippen LogP contribution in [-0.4, -0.2) is 6.61 Å². The van der Waals surface area contributed by atoms with Gasteiger partial charge in [-0.2, -0.15) is 0 Å². The van der Waals surface area contributed by atoms with E-state index in [1.54, 1.807) is 11.3 Å². The highest BCUT2D eigenvalue weighted by molar-refractivity contribution is 9.10. The largest absolute Gasteiger partial charge is 0.492 e. The van der Waals surface area contributed by atoms with Gasteiger partial charge in [0.2, 0.25) is 0 Å². The van der Waals surface area contributed by atoms with Crippen molar-refractivity contribution in [1.82, 2.24) is 0 Å². The number of fused-ring (bicyclic) bond motifs is 1. The van der Waals surface area contributed by atoms with E-state index in [0.29, 0.717) is 6.61 Å². The molecule has 0 N–H and O–H groups in total. The minimum Gasteiger partial charge on any atom is -0.492 e. The molecule has 1 heterocycles. The standard InChI is InChI=1S/C10H9BrOS2/c1-2-12-8-5-14-10-4-9(13)7(11)3-6(8)10/h3-5,13H,2H2,1H3. The van der Waals surface area contributed by atoms with Crippen LogP contribution in [0.2, 0.25) is 0 Å². The summed E-state index contributed by atoms with van der Waals surface area (Å²) in [6.45, 7) is 2.69. The molecule has 0 radical (unpaired) electrons. The third-order valence-electron chi connectivity index (χ3n) is 1.91. The summed E-state index contributed by atoms with van der Waals surface area (Å²) in [6.07, 6.45) is 0. The van der Waals surface area contributed by atoms with E-state index in [4.69, 9.17) is 4.74 Å². The summed E-state index contributed by atoms with van der Waals surface area (Å²) in [5.74, 6) is 0.960. The van der Waals surface area contributed by atoms with Crippen molar-refractivity contribution in [3.05, 3.63) is 22.0 Å². The van der Waals surface area contributed by atoms with Crippen LogP contribution in [0.15, 0.2) is 26.9 Å². The van der Waals surface area contributed by atoms with Gasteiger partial charge in [0.25, 0.3) is 0 Å². The lowest BCUT2D eigenvalue weighted by Crippen LogP contribution is -1.89. The molecule has 1 aromatic heterocycles. The smallest absolute Gasteiger partial charge is 0.137 e. The third kappa shape index (κ3) is 1.78. The molecule has 0 aliphatic carbocycles. The number of hydrogen-bond donors (Lipinski definition) is 1. The van der Waals surface area contributed by atoms with E-state index in [1.807, 2.05) is 12.3 Å². The molecule has 1 aromatic carbocycles. The fourth-order valence-electron chi connectivity index (χ4n) is 1.28. The van der Waals surface area contributed by atoms with Crippen molar-refractivity contribution in [2.24, 2.45) is 0 Å². The van der Waals surface area contributed by atoms with Gasteiger partial charge in [-0.15, -0.1) is 24.0 Å². The lowest BCUT2D eigenvalue weighted by molar-refractivity contribution is 0.345. The van der Waals surface area contributed by atoms with Gasteiger partial charge in [-0.1, -0.05) is 0 Å². The Bertz CT molecular complexity index is 464. The molecule has 4 heteroatoms. The first-order valence-electron chi connectivity index (χ1n) is 4.25. The predicted molar refractivity (Wildman–Crippen MR) is 67.9 cm³/mol. The van der Waals surface area contributed by atoms with Crippen molar-refractivity contribution >= 4 is 50.0 Å². The van der Waals surface area contributed by atoms with Crippen molar-refractivity contribution in [1.29, 1.82) is 0 Å². The van der Waals surface area contributed by atoms with Crippen molar-refractivity contribution in [3.63, 3.8) is 0 Å². The van der Waals surface area contributed by atoms with Crippen LogP contribution in [0.4, 0.5) is 0 Å².